The number of nitrogens with zero attached hydrogens (tertiary/aromatic N) is 2. The van der Waals surface area contributed by atoms with Gasteiger partial charge in [0.2, 0.25) is 0 Å². The normalized spacial score (nSPS) is 38.3. The lowest BCUT2D eigenvalue weighted by Gasteiger charge is -2.40. The Morgan fingerprint density at radius 3 is 2.74 bits per heavy atom. The van der Waals surface area contributed by atoms with Crippen LogP contribution in [0.25, 0.3) is 0 Å². The number of rotatable bonds is 2. The molecule has 0 aromatic rings. The zero-order valence-electron chi connectivity index (χ0n) is 11.7. The fourth-order valence-corrected chi connectivity index (χ4v) is 5.72. The highest BCUT2D eigenvalue weighted by Crippen LogP contribution is 2.29. The van der Waals surface area contributed by atoms with Crippen LogP contribution < -0.4 is 5.32 Å². The van der Waals surface area contributed by atoms with Gasteiger partial charge in [0, 0.05) is 31.7 Å². The molecule has 3 unspecified atom stereocenters. The summed E-state index contributed by atoms with van der Waals surface area (Å²) in [6.07, 6.45) is 5.24. The first kappa shape index (κ1) is 13.8. The second-order valence-corrected chi connectivity index (χ2v) is 8.10. The zero-order valence-corrected chi connectivity index (χ0v) is 12.5. The molecule has 0 aromatic carbocycles. The SMILES string of the molecule is CC1CCCCN1S(=O)(=O)N1CCC2NCCC2C1. The third-order valence-corrected chi connectivity index (χ3v) is 7.10. The fraction of sp³-hybridized carbons (Fsp3) is 1.00. The minimum Gasteiger partial charge on any atom is -0.314 e. The zero-order chi connectivity index (χ0) is 13.5. The predicted octanol–water partition coefficient (Wildman–Crippen LogP) is 0.789. The van der Waals surface area contributed by atoms with Crippen molar-refractivity contribution in [2.75, 3.05) is 26.2 Å². The topological polar surface area (TPSA) is 52.7 Å². The van der Waals surface area contributed by atoms with Crippen molar-refractivity contribution in [3.8, 4) is 0 Å². The second-order valence-electron chi connectivity index (χ2n) is 6.22. The molecule has 110 valence electrons. The van der Waals surface area contributed by atoms with Gasteiger partial charge in [0.25, 0.3) is 10.2 Å². The van der Waals surface area contributed by atoms with Crippen LogP contribution in [0.15, 0.2) is 0 Å². The van der Waals surface area contributed by atoms with Gasteiger partial charge in [-0.3, -0.25) is 0 Å². The van der Waals surface area contributed by atoms with Crippen molar-refractivity contribution in [2.45, 2.75) is 51.1 Å². The molecule has 1 N–H and O–H groups in total. The Morgan fingerprint density at radius 2 is 1.95 bits per heavy atom. The Hall–Kier alpha value is -0.170. The molecule has 3 fully saturated rings. The lowest BCUT2D eigenvalue weighted by molar-refractivity contribution is 0.205. The summed E-state index contributed by atoms with van der Waals surface area (Å²) in [5.41, 5.74) is 0. The highest BCUT2D eigenvalue weighted by atomic mass is 32.2. The molecule has 0 aromatic heterocycles. The lowest BCUT2D eigenvalue weighted by atomic mass is 9.95. The Kier molecular flexibility index (Phi) is 3.86. The van der Waals surface area contributed by atoms with Crippen LogP contribution in [0.1, 0.15) is 39.0 Å². The quantitative estimate of drug-likeness (QED) is 0.817. The van der Waals surface area contributed by atoms with Gasteiger partial charge in [0.05, 0.1) is 0 Å². The van der Waals surface area contributed by atoms with E-state index in [0.29, 0.717) is 31.6 Å². The molecule has 6 heteroatoms. The minimum absolute atomic E-state index is 0.165. The molecule has 3 atom stereocenters. The molecule has 5 nitrogen and oxygen atoms in total. The average molecular weight is 287 g/mol. The highest BCUT2D eigenvalue weighted by Gasteiger charge is 2.40. The first-order chi connectivity index (χ1) is 9.09. The van der Waals surface area contributed by atoms with Crippen LogP contribution in [0.3, 0.4) is 0 Å². The summed E-state index contributed by atoms with van der Waals surface area (Å²) in [6.45, 7) is 5.18. The average Bonchev–Trinajstić information content (AvgIpc) is 2.86. The second kappa shape index (κ2) is 5.31. The first-order valence-electron chi connectivity index (χ1n) is 7.59. The maximum Gasteiger partial charge on any atom is 0.282 e. The van der Waals surface area contributed by atoms with E-state index in [9.17, 15) is 8.42 Å². The molecule has 0 amide bonds. The van der Waals surface area contributed by atoms with Crippen molar-refractivity contribution in [3.05, 3.63) is 0 Å². The van der Waals surface area contributed by atoms with E-state index in [-0.39, 0.29) is 6.04 Å². The summed E-state index contributed by atoms with van der Waals surface area (Å²) in [7, 11) is -3.23. The van der Waals surface area contributed by atoms with Gasteiger partial charge in [-0.25, -0.2) is 0 Å². The molecule has 19 heavy (non-hydrogen) atoms. The van der Waals surface area contributed by atoms with E-state index < -0.39 is 10.2 Å². The number of fused-ring (bicyclic) bond motifs is 1. The first-order valence-corrected chi connectivity index (χ1v) is 8.99. The van der Waals surface area contributed by atoms with Gasteiger partial charge in [-0.1, -0.05) is 6.42 Å². The van der Waals surface area contributed by atoms with Gasteiger partial charge >= 0.3 is 0 Å². The summed E-state index contributed by atoms with van der Waals surface area (Å²) < 4.78 is 29.0. The van der Waals surface area contributed by atoms with Gasteiger partial charge < -0.3 is 5.32 Å². The molecule has 3 heterocycles. The van der Waals surface area contributed by atoms with E-state index >= 15 is 0 Å². The summed E-state index contributed by atoms with van der Waals surface area (Å²) in [5.74, 6) is 0.517. The monoisotopic (exact) mass is 287 g/mol. The van der Waals surface area contributed by atoms with Gasteiger partial charge in [0.15, 0.2) is 0 Å². The highest BCUT2D eigenvalue weighted by molar-refractivity contribution is 7.86. The van der Waals surface area contributed by atoms with Gasteiger partial charge in [0.1, 0.15) is 0 Å². The molecule has 0 saturated carbocycles. The van der Waals surface area contributed by atoms with E-state index in [2.05, 4.69) is 5.32 Å². The van der Waals surface area contributed by atoms with Crippen LogP contribution in [0.2, 0.25) is 0 Å². The third-order valence-electron chi connectivity index (χ3n) is 4.98. The molecular weight excluding hydrogens is 262 g/mol. The number of hydrogen-bond acceptors (Lipinski definition) is 3. The Balaban J connectivity index is 1.73. The van der Waals surface area contributed by atoms with E-state index in [1.54, 1.807) is 8.61 Å². The largest absolute Gasteiger partial charge is 0.314 e. The van der Waals surface area contributed by atoms with Crippen molar-refractivity contribution >= 4 is 10.2 Å². The fourth-order valence-electron chi connectivity index (χ4n) is 3.79. The molecule has 3 saturated heterocycles. The van der Waals surface area contributed by atoms with Crippen molar-refractivity contribution in [1.82, 2.24) is 13.9 Å². The van der Waals surface area contributed by atoms with Gasteiger partial charge in [-0.05, 0) is 45.1 Å². The van der Waals surface area contributed by atoms with Crippen LogP contribution in [-0.2, 0) is 10.2 Å². The van der Waals surface area contributed by atoms with E-state index in [1.165, 1.54) is 0 Å². The van der Waals surface area contributed by atoms with E-state index in [1.807, 2.05) is 6.92 Å². The summed E-state index contributed by atoms with van der Waals surface area (Å²) >= 11 is 0. The number of hydrogen-bond donors (Lipinski definition) is 1. The molecule has 0 aliphatic carbocycles. The minimum atomic E-state index is -3.23. The van der Waals surface area contributed by atoms with Crippen molar-refractivity contribution < 1.29 is 8.42 Å². The molecule has 3 aliphatic rings. The van der Waals surface area contributed by atoms with Crippen LogP contribution in [0.4, 0.5) is 0 Å². The number of nitrogens with one attached hydrogen (secondary N) is 1. The number of piperidine rings is 2. The maximum absolute atomic E-state index is 12.8. The van der Waals surface area contributed by atoms with Crippen LogP contribution in [0, 0.1) is 5.92 Å². The summed E-state index contributed by atoms with van der Waals surface area (Å²) in [5, 5.41) is 3.48. The van der Waals surface area contributed by atoms with Crippen molar-refractivity contribution in [2.24, 2.45) is 5.92 Å². The smallest absolute Gasteiger partial charge is 0.282 e. The summed E-state index contributed by atoms with van der Waals surface area (Å²) in [6, 6.07) is 0.711. The molecular formula is C13H25N3O2S. The molecule has 3 rings (SSSR count). The molecule has 0 radical (unpaired) electrons. The summed E-state index contributed by atoms with van der Waals surface area (Å²) in [4.78, 5) is 0. The Morgan fingerprint density at radius 1 is 1.11 bits per heavy atom. The lowest BCUT2D eigenvalue weighted by Crippen LogP contribution is -2.54. The van der Waals surface area contributed by atoms with Crippen LogP contribution >= 0.6 is 0 Å². The van der Waals surface area contributed by atoms with Crippen molar-refractivity contribution in [3.63, 3.8) is 0 Å². The standard InChI is InChI=1S/C13H25N3O2S/c1-11-4-2-3-8-16(11)19(17,18)15-9-6-13-12(10-15)5-7-14-13/h11-14H,2-10H2,1H3. The van der Waals surface area contributed by atoms with Crippen molar-refractivity contribution in [1.29, 1.82) is 0 Å². The van der Waals surface area contributed by atoms with Gasteiger partial charge in [-0.15, -0.1) is 0 Å². The van der Waals surface area contributed by atoms with Gasteiger partial charge in [-0.2, -0.15) is 17.0 Å². The predicted molar refractivity (Wildman–Crippen MR) is 75.0 cm³/mol. The Bertz CT molecular complexity index is 426. The molecule has 3 aliphatic heterocycles. The van der Waals surface area contributed by atoms with E-state index in [0.717, 1.165) is 38.6 Å². The third kappa shape index (κ3) is 2.55. The van der Waals surface area contributed by atoms with Crippen LogP contribution in [-0.4, -0.2) is 55.3 Å². The van der Waals surface area contributed by atoms with E-state index in [4.69, 9.17) is 0 Å². The Labute approximate surface area is 116 Å². The maximum atomic E-state index is 12.8. The molecule has 0 spiro atoms. The van der Waals surface area contributed by atoms with Crippen LogP contribution in [0.5, 0.6) is 0 Å². The molecule has 0 bridgehead atoms.